The summed E-state index contributed by atoms with van der Waals surface area (Å²) in [5.74, 6) is 0.195. The number of halogens is 1. The molecule has 9 heteroatoms. The van der Waals surface area contributed by atoms with E-state index in [1.807, 2.05) is 0 Å². The molecule has 1 atom stereocenters. The number of ether oxygens (including phenoxy) is 3. The highest BCUT2D eigenvalue weighted by molar-refractivity contribution is 6.00. The van der Waals surface area contributed by atoms with E-state index in [1.165, 1.54) is 17.0 Å². The highest BCUT2D eigenvalue weighted by Gasteiger charge is 2.32. The number of amides is 2. The quantitative estimate of drug-likeness (QED) is 0.823. The van der Waals surface area contributed by atoms with Gasteiger partial charge in [-0.3, -0.25) is 9.78 Å². The van der Waals surface area contributed by atoms with Crippen molar-refractivity contribution in [2.45, 2.75) is 39.0 Å². The summed E-state index contributed by atoms with van der Waals surface area (Å²) < 4.78 is 29.6. The third-order valence-electron chi connectivity index (χ3n) is 4.19. The Morgan fingerprint density at radius 1 is 1.33 bits per heavy atom. The molecule has 2 amide bonds. The number of anilines is 1. The first-order chi connectivity index (χ1) is 14.1. The molecule has 0 bridgehead atoms. The number of alkyl carbamates (subject to hydrolysis) is 1. The maximum Gasteiger partial charge on any atom is 0.408 e. The first kappa shape index (κ1) is 21.4. The number of nitrogens with zero attached hydrogens (tertiary/aromatic N) is 2. The van der Waals surface area contributed by atoms with Gasteiger partial charge in [0.1, 0.15) is 42.2 Å². The van der Waals surface area contributed by atoms with E-state index in [2.05, 4.69) is 10.3 Å². The number of nitrogens with one attached hydrogen (secondary N) is 1. The molecular weight excluding hydrogens is 393 g/mol. The van der Waals surface area contributed by atoms with Crippen molar-refractivity contribution in [2.75, 3.05) is 18.6 Å². The van der Waals surface area contributed by atoms with Crippen LogP contribution in [0.5, 0.6) is 11.5 Å². The lowest BCUT2D eigenvalue weighted by Crippen LogP contribution is -2.50. The van der Waals surface area contributed by atoms with Gasteiger partial charge in [-0.2, -0.15) is 0 Å². The standard InChI is InChI=1S/C21H24FN3O5/c1-21(2,3)30-20(27)24-16-12-29-18-8-7-15(9-17(18)25(4)19(16)26)28-11-14-6-5-13(22)10-23-14/h5-10,16H,11-12H2,1-4H3,(H,24,27)/t16-/m0/s1. The molecule has 0 aliphatic carbocycles. The average molecular weight is 417 g/mol. The molecule has 0 spiro atoms. The van der Waals surface area contributed by atoms with Gasteiger partial charge in [-0.25, -0.2) is 9.18 Å². The number of rotatable bonds is 4. The predicted octanol–water partition coefficient (Wildman–Crippen LogP) is 3.05. The minimum Gasteiger partial charge on any atom is -0.489 e. The van der Waals surface area contributed by atoms with Gasteiger partial charge >= 0.3 is 6.09 Å². The summed E-state index contributed by atoms with van der Waals surface area (Å²) in [6.07, 6.45) is 0.424. The van der Waals surface area contributed by atoms with E-state index < -0.39 is 23.6 Å². The van der Waals surface area contributed by atoms with Crippen molar-refractivity contribution in [2.24, 2.45) is 0 Å². The Morgan fingerprint density at radius 2 is 2.10 bits per heavy atom. The molecule has 2 aromatic rings. The fourth-order valence-electron chi connectivity index (χ4n) is 2.77. The van der Waals surface area contributed by atoms with Crippen LogP contribution in [0.15, 0.2) is 36.5 Å². The maximum absolute atomic E-state index is 13.0. The molecule has 1 aliphatic heterocycles. The van der Waals surface area contributed by atoms with Crippen molar-refractivity contribution in [1.82, 2.24) is 10.3 Å². The Bertz CT molecular complexity index is 927. The number of fused-ring (bicyclic) bond motifs is 1. The second-order valence-electron chi connectivity index (χ2n) is 7.79. The summed E-state index contributed by atoms with van der Waals surface area (Å²) in [4.78, 5) is 30.2. The second-order valence-corrected chi connectivity index (χ2v) is 7.79. The maximum atomic E-state index is 13.0. The highest BCUT2D eigenvalue weighted by atomic mass is 19.1. The Morgan fingerprint density at radius 3 is 2.77 bits per heavy atom. The zero-order chi connectivity index (χ0) is 21.9. The molecule has 3 rings (SSSR count). The molecule has 8 nitrogen and oxygen atoms in total. The largest absolute Gasteiger partial charge is 0.489 e. The van der Waals surface area contributed by atoms with Crippen molar-refractivity contribution in [1.29, 1.82) is 0 Å². The summed E-state index contributed by atoms with van der Waals surface area (Å²) in [6, 6.07) is 6.98. The van der Waals surface area contributed by atoms with Crippen LogP contribution < -0.4 is 19.7 Å². The summed E-state index contributed by atoms with van der Waals surface area (Å²) >= 11 is 0. The predicted molar refractivity (Wildman–Crippen MR) is 107 cm³/mol. The number of carbonyl (C=O) groups excluding carboxylic acids is 2. The summed E-state index contributed by atoms with van der Waals surface area (Å²) in [7, 11) is 1.59. The number of pyridine rings is 1. The first-order valence-corrected chi connectivity index (χ1v) is 9.39. The summed E-state index contributed by atoms with van der Waals surface area (Å²) in [5.41, 5.74) is 0.380. The number of hydrogen-bond acceptors (Lipinski definition) is 6. The van der Waals surface area contributed by atoms with E-state index in [0.717, 1.165) is 6.20 Å². The van der Waals surface area contributed by atoms with E-state index >= 15 is 0 Å². The lowest BCUT2D eigenvalue weighted by Gasteiger charge is -2.23. The van der Waals surface area contributed by atoms with E-state index in [9.17, 15) is 14.0 Å². The number of carbonyl (C=O) groups is 2. The minimum atomic E-state index is -0.898. The van der Waals surface area contributed by atoms with Crippen LogP contribution in [0.1, 0.15) is 26.5 Å². The molecule has 1 N–H and O–H groups in total. The zero-order valence-corrected chi connectivity index (χ0v) is 17.3. The molecule has 0 saturated carbocycles. The lowest BCUT2D eigenvalue weighted by atomic mass is 10.2. The monoisotopic (exact) mass is 417 g/mol. The van der Waals surface area contributed by atoms with Crippen LogP contribution in [-0.2, 0) is 16.1 Å². The van der Waals surface area contributed by atoms with E-state index in [4.69, 9.17) is 14.2 Å². The summed E-state index contributed by atoms with van der Waals surface area (Å²) in [5, 5.41) is 2.55. The molecular formula is C21H24FN3O5. The highest BCUT2D eigenvalue weighted by Crippen LogP contribution is 2.34. The van der Waals surface area contributed by atoms with Gasteiger partial charge in [-0.1, -0.05) is 0 Å². The number of aromatic nitrogens is 1. The molecule has 1 aliphatic rings. The number of likely N-dealkylation sites (N-methyl/N-ethyl adjacent to an activating group) is 1. The Hall–Kier alpha value is -3.36. The van der Waals surface area contributed by atoms with Gasteiger partial charge < -0.3 is 24.4 Å². The van der Waals surface area contributed by atoms with Gasteiger partial charge in [0.2, 0.25) is 0 Å². The molecule has 1 aromatic carbocycles. The van der Waals surface area contributed by atoms with Crippen molar-refractivity contribution >= 4 is 17.7 Å². The van der Waals surface area contributed by atoms with E-state index in [1.54, 1.807) is 46.0 Å². The number of hydrogen-bond donors (Lipinski definition) is 1. The normalized spacial score (nSPS) is 16.2. The third-order valence-corrected chi connectivity index (χ3v) is 4.19. The van der Waals surface area contributed by atoms with Gasteiger partial charge in [0, 0.05) is 13.1 Å². The Balaban J connectivity index is 1.69. The van der Waals surface area contributed by atoms with Crippen LogP contribution in [-0.4, -0.2) is 42.3 Å². The van der Waals surface area contributed by atoms with E-state index in [0.29, 0.717) is 22.9 Å². The summed E-state index contributed by atoms with van der Waals surface area (Å²) in [6.45, 7) is 5.32. The SMILES string of the molecule is CN1C(=O)[C@@H](NC(=O)OC(C)(C)C)COc2ccc(OCc3ccc(F)cn3)cc21. The zero-order valence-electron chi connectivity index (χ0n) is 17.3. The van der Waals surface area contributed by atoms with Crippen LogP contribution in [0.3, 0.4) is 0 Å². The van der Waals surface area contributed by atoms with Gasteiger partial charge in [0.05, 0.1) is 17.6 Å². The third kappa shape index (κ3) is 5.37. The van der Waals surface area contributed by atoms with E-state index in [-0.39, 0.29) is 19.1 Å². The van der Waals surface area contributed by atoms with Crippen LogP contribution in [0, 0.1) is 5.82 Å². The molecule has 0 fully saturated rings. The van der Waals surface area contributed by atoms with Crippen molar-refractivity contribution in [3.05, 3.63) is 48.0 Å². The fraction of sp³-hybridized carbons (Fsp3) is 0.381. The van der Waals surface area contributed by atoms with Crippen LogP contribution in [0.4, 0.5) is 14.9 Å². The van der Waals surface area contributed by atoms with Gasteiger partial charge in [0.15, 0.2) is 0 Å². The molecule has 2 heterocycles. The molecule has 30 heavy (non-hydrogen) atoms. The molecule has 0 radical (unpaired) electrons. The second kappa shape index (κ2) is 8.56. The molecule has 0 unspecified atom stereocenters. The molecule has 1 aromatic heterocycles. The van der Waals surface area contributed by atoms with Crippen molar-refractivity contribution < 1.29 is 28.2 Å². The first-order valence-electron chi connectivity index (χ1n) is 9.39. The minimum absolute atomic E-state index is 0.0326. The smallest absolute Gasteiger partial charge is 0.408 e. The van der Waals surface area contributed by atoms with Crippen LogP contribution in [0.25, 0.3) is 0 Å². The fourth-order valence-corrected chi connectivity index (χ4v) is 2.77. The Kier molecular flexibility index (Phi) is 6.09. The van der Waals surface area contributed by atoms with Crippen LogP contribution >= 0.6 is 0 Å². The molecule has 160 valence electrons. The van der Waals surface area contributed by atoms with Crippen molar-refractivity contribution in [3.8, 4) is 11.5 Å². The topological polar surface area (TPSA) is 90.0 Å². The molecule has 0 saturated heterocycles. The average Bonchev–Trinajstić information content (AvgIpc) is 2.78. The van der Waals surface area contributed by atoms with Gasteiger partial charge in [-0.15, -0.1) is 0 Å². The lowest BCUT2D eigenvalue weighted by molar-refractivity contribution is -0.120. The number of benzene rings is 1. The van der Waals surface area contributed by atoms with Crippen LogP contribution in [0.2, 0.25) is 0 Å². The Labute approximate surface area is 173 Å². The van der Waals surface area contributed by atoms with Gasteiger partial charge in [0.25, 0.3) is 5.91 Å². The van der Waals surface area contributed by atoms with Gasteiger partial charge in [-0.05, 0) is 45.0 Å². The van der Waals surface area contributed by atoms with Crippen molar-refractivity contribution in [3.63, 3.8) is 0 Å².